The monoisotopic (exact) mass is 441 g/mol. The summed E-state index contributed by atoms with van der Waals surface area (Å²) in [6.45, 7) is 3.00. The number of carbonyl (C=O) groups excluding carboxylic acids is 2. The zero-order valence-electron chi connectivity index (χ0n) is 15.7. The molecule has 2 aromatic carbocycles. The zero-order chi connectivity index (χ0) is 22.5. The third kappa shape index (κ3) is 5.64. The van der Waals surface area contributed by atoms with E-state index in [0.29, 0.717) is 6.07 Å². The minimum absolute atomic E-state index is 0.0198. The van der Waals surface area contributed by atoms with E-state index in [1.54, 1.807) is 6.92 Å². The van der Waals surface area contributed by atoms with Crippen LogP contribution in [0.25, 0.3) is 0 Å². The van der Waals surface area contributed by atoms with Gasteiger partial charge in [-0.15, -0.1) is 0 Å². The van der Waals surface area contributed by atoms with Gasteiger partial charge in [0.1, 0.15) is 17.6 Å². The van der Waals surface area contributed by atoms with Crippen LogP contribution in [0.2, 0.25) is 5.02 Å². The van der Waals surface area contributed by atoms with Gasteiger partial charge >= 0.3 is 18.1 Å². The van der Waals surface area contributed by atoms with Crippen molar-refractivity contribution in [3.05, 3.63) is 58.1 Å². The highest BCUT2D eigenvalue weighted by atomic mass is 35.5. The molecular weight excluding hydrogens is 427 g/mol. The fourth-order valence-corrected chi connectivity index (χ4v) is 2.49. The van der Waals surface area contributed by atoms with Crippen LogP contribution in [0.3, 0.4) is 0 Å². The van der Waals surface area contributed by atoms with Gasteiger partial charge < -0.3 is 14.2 Å². The minimum atomic E-state index is -4.57. The van der Waals surface area contributed by atoms with Gasteiger partial charge in [-0.3, -0.25) is 0 Å². The van der Waals surface area contributed by atoms with E-state index < -0.39 is 29.8 Å². The third-order valence-corrected chi connectivity index (χ3v) is 4.02. The van der Waals surface area contributed by atoms with Crippen molar-refractivity contribution < 1.29 is 37.0 Å². The molecule has 0 amide bonds. The molecule has 0 aliphatic heterocycles. The van der Waals surface area contributed by atoms with Gasteiger partial charge in [0, 0.05) is 0 Å². The first-order chi connectivity index (χ1) is 14.1. The third-order valence-electron chi connectivity index (χ3n) is 3.72. The number of nitriles is 1. The maximum atomic E-state index is 12.7. The second kappa shape index (κ2) is 9.50. The molecule has 0 spiro atoms. The van der Waals surface area contributed by atoms with Gasteiger partial charge in [0.15, 0.2) is 6.10 Å². The number of benzene rings is 2. The van der Waals surface area contributed by atoms with E-state index in [0.717, 1.165) is 18.2 Å². The van der Waals surface area contributed by atoms with Crippen LogP contribution in [-0.4, -0.2) is 24.6 Å². The Morgan fingerprint density at radius 2 is 1.90 bits per heavy atom. The lowest BCUT2D eigenvalue weighted by Crippen LogP contribution is -2.26. The molecule has 0 aliphatic carbocycles. The molecule has 30 heavy (non-hydrogen) atoms. The molecule has 0 aromatic heterocycles. The van der Waals surface area contributed by atoms with Crippen LogP contribution < -0.4 is 4.74 Å². The van der Waals surface area contributed by atoms with E-state index in [1.807, 2.05) is 6.07 Å². The molecule has 2 rings (SSSR count). The molecule has 0 fully saturated rings. The molecule has 10 heteroatoms. The summed E-state index contributed by atoms with van der Waals surface area (Å²) in [5, 5.41) is 8.91. The smallest absolute Gasteiger partial charge is 0.416 e. The quantitative estimate of drug-likeness (QED) is 0.577. The second-order valence-electron chi connectivity index (χ2n) is 5.86. The molecule has 1 unspecified atom stereocenters. The fraction of sp³-hybridized carbons (Fsp3) is 0.250. The van der Waals surface area contributed by atoms with E-state index in [4.69, 9.17) is 25.8 Å². The van der Waals surface area contributed by atoms with E-state index in [1.165, 1.54) is 19.1 Å². The van der Waals surface area contributed by atoms with Crippen molar-refractivity contribution in [3.63, 3.8) is 0 Å². The van der Waals surface area contributed by atoms with Crippen LogP contribution in [0.4, 0.5) is 13.2 Å². The van der Waals surface area contributed by atoms with Gasteiger partial charge in [-0.1, -0.05) is 11.6 Å². The first-order valence-electron chi connectivity index (χ1n) is 8.53. The molecule has 158 valence electrons. The van der Waals surface area contributed by atoms with Crippen LogP contribution in [-0.2, 0) is 20.4 Å². The number of ether oxygens (including phenoxy) is 3. The Bertz CT molecular complexity index is 1000. The standard InChI is InChI=1S/C20H15ClF3NO5/c1-3-28-18(26)11(2)29-19(27)15-9-14(6-4-12(15)10-25)30-17-7-5-13(8-16(17)21)20(22,23)24/h4-9,11H,3H2,1-2H3. The van der Waals surface area contributed by atoms with Gasteiger partial charge in [-0.2, -0.15) is 18.4 Å². The van der Waals surface area contributed by atoms with Crippen molar-refractivity contribution in [2.45, 2.75) is 26.1 Å². The van der Waals surface area contributed by atoms with Crippen LogP contribution in [0.5, 0.6) is 11.5 Å². The number of carbonyl (C=O) groups is 2. The number of halogens is 4. The number of hydrogen-bond acceptors (Lipinski definition) is 6. The molecular formula is C20H15ClF3NO5. The molecule has 0 N–H and O–H groups in total. The lowest BCUT2D eigenvalue weighted by molar-refractivity contribution is -0.152. The van der Waals surface area contributed by atoms with Crippen molar-refractivity contribution >= 4 is 23.5 Å². The molecule has 0 saturated heterocycles. The highest BCUT2D eigenvalue weighted by Gasteiger charge is 2.31. The topological polar surface area (TPSA) is 85.6 Å². The summed E-state index contributed by atoms with van der Waals surface area (Å²) in [6, 6.07) is 8.09. The molecule has 0 bridgehead atoms. The Hall–Kier alpha value is -3.25. The lowest BCUT2D eigenvalue weighted by atomic mass is 10.1. The molecule has 0 radical (unpaired) electrons. The van der Waals surface area contributed by atoms with E-state index >= 15 is 0 Å². The Balaban J connectivity index is 2.27. The number of alkyl halides is 3. The van der Waals surface area contributed by atoms with Crippen molar-refractivity contribution in [3.8, 4) is 17.6 Å². The van der Waals surface area contributed by atoms with Gasteiger partial charge in [-0.25, -0.2) is 9.59 Å². The molecule has 2 aromatic rings. The van der Waals surface area contributed by atoms with Gasteiger partial charge in [-0.05, 0) is 50.2 Å². The normalized spacial score (nSPS) is 11.9. The van der Waals surface area contributed by atoms with Crippen molar-refractivity contribution in [2.24, 2.45) is 0 Å². The first kappa shape index (κ1) is 23.0. The first-order valence-corrected chi connectivity index (χ1v) is 8.91. The maximum absolute atomic E-state index is 12.7. The Labute approximate surface area is 174 Å². The van der Waals surface area contributed by atoms with Gasteiger partial charge in [0.2, 0.25) is 0 Å². The second-order valence-corrected chi connectivity index (χ2v) is 6.27. The predicted molar refractivity (Wildman–Crippen MR) is 99.2 cm³/mol. The summed E-state index contributed by atoms with van der Waals surface area (Å²) in [7, 11) is 0. The van der Waals surface area contributed by atoms with E-state index in [-0.39, 0.29) is 34.3 Å². The number of rotatable bonds is 6. The van der Waals surface area contributed by atoms with Crippen LogP contribution in [0, 0.1) is 11.3 Å². The number of esters is 2. The summed E-state index contributed by atoms with van der Waals surface area (Å²) >= 11 is 5.86. The van der Waals surface area contributed by atoms with Crippen LogP contribution in [0.1, 0.15) is 35.3 Å². The average Bonchev–Trinajstić information content (AvgIpc) is 2.68. The molecule has 1 atom stereocenters. The number of hydrogen-bond donors (Lipinski definition) is 0. The summed E-state index contributed by atoms with van der Waals surface area (Å²) in [4.78, 5) is 24.0. The largest absolute Gasteiger partial charge is 0.463 e. The van der Waals surface area contributed by atoms with Crippen molar-refractivity contribution in [1.29, 1.82) is 5.26 Å². The molecule has 0 heterocycles. The fourth-order valence-electron chi connectivity index (χ4n) is 2.27. The Kier molecular flexibility index (Phi) is 7.29. The van der Waals surface area contributed by atoms with Crippen molar-refractivity contribution in [1.82, 2.24) is 0 Å². The average molecular weight is 442 g/mol. The lowest BCUT2D eigenvalue weighted by Gasteiger charge is -2.14. The summed E-state index contributed by atoms with van der Waals surface area (Å²) in [5.74, 6) is -1.80. The molecule has 6 nitrogen and oxygen atoms in total. The van der Waals surface area contributed by atoms with Crippen LogP contribution in [0.15, 0.2) is 36.4 Å². The number of nitrogens with zero attached hydrogens (tertiary/aromatic N) is 1. The summed E-state index contributed by atoms with van der Waals surface area (Å²) in [5.41, 5.74) is -1.20. The highest BCUT2D eigenvalue weighted by molar-refractivity contribution is 6.32. The van der Waals surface area contributed by atoms with E-state index in [2.05, 4.69) is 0 Å². The SMILES string of the molecule is CCOC(=O)C(C)OC(=O)c1cc(Oc2ccc(C(F)(F)F)cc2Cl)ccc1C#N. The molecule has 0 aliphatic rings. The summed E-state index contributed by atoms with van der Waals surface area (Å²) in [6.07, 6.45) is -5.78. The Morgan fingerprint density at radius 3 is 2.47 bits per heavy atom. The zero-order valence-corrected chi connectivity index (χ0v) is 16.5. The minimum Gasteiger partial charge on any atom is -0.463 e. The van der Waals surface area contributed by atoms with Gasteiger partial charge in [0.05, 0.1) is 28.3 Å². The summed E-state index contributed by atoms with van der Waals surface area (Å²) < 4.78 is 53.4. The molecule has 0 saturated carbocycles. The van der Waals surface area contributed by atoms with E-state index in [9.17, 15) is 28.0 Å². The highest BCUT2D eigenvalue weighted by Crippen LogP contribution is 2.36. The maximum Gasteiger partial charge on any atom is 0.416 e. The Morgan fingerprint density at radius 1 is 1.20 bits per heavy atom. The van der Waals surface area contributed by atoms with Crippen molar-refractivity contribution in [2.75, 3.05) is 6.61 Å². The van der Waals surface area contributed by atoms with Gasteiger partial charge in [0.25, 0.3) is 0 Å². The van der Waals surface area contributed by atoms with Crippen LogP contribution >= 0.6 is 11.6 Å². The predicted octanol–water partition coefficient (Wildman–Crippen LogP) is 5.13.